The average Bonchev–Trinajstić information content (AvgIpc) is 2.98. The van der Waals surface area contributed by atoms with Gasteiger partial charge < -0.3 is 15.0 Å². The molecule has 0 aliphatic carbocycles. The molecule has 1 aliphatic rings. The van der Waals surface area contributed by atoms with Gasteiger partial charge in [0.15, 0.2) is 0 Å². The molecule has 1 aromatic rings. The number of methoxy groups -OCH3 is 1. The van der Waals surface area contributed by atoms with E-state index in [1.54, 1.807) is 18.4 Å². The highest BCUT2D eigenvalue weighted by Crippen LogP contribution is 2.23. The summed E-state index contributed by atoms with van der Waals surface area (Å²) in [6, 6.07) is 2.03. The summed E-state index contributed by atoms with van der Waals surface area (Å²) < 4.78 is 5.29. The van der Waals surface area contributed by atoms with Gasteiger partial charge in [-0.2, -0.15) is 0 Å². The molecule has 0 radical (unpaired) electrons. The Labute approximate surface area is 108 Å². The molecule has 1 N–H and O–H groups in total. The van der Waals surface area contributed by atoms with Gasteiger partial charge >= 0.3 is 0 Å². The Bertz CT molecular complexity index is 321. The molecule has 0 bridgehead atoms. The van der Waals surface area contributed by atoms with E-state index >= 15 is 0 Å². The highest BCUT2D eigenvalue weighted by molar-refractivity contribution is 7.10. The van der Waals surface area contributed by atoms with Gasteiger partial charge in [0.25, 0.3) is 0 Å². The fourth-order valence-corrected chi connectivity index (χ4v) is 3.08. The van der Waals surface area contributed by atoms with Crippen LogP contribution < -0.4 is 10.1 Å². The lowest BCUT2D eigenvalue weighted by Gasteiger charge is -2.14. The third kappa shape index (κ3) is 3.98. The number of thiophene rings is 1. The maximum absolute atomic E-state index is 5.29. The quantitative estimate of drug-likeness (QED) is 0.756. The van der Waals surface area contributed by atoms with Crippen LogP contribution in [0.2, 0.25) is 0 Å². The largest absolute Gasteiger partial charge is 0.496 e. The molecule has 2 heterocycles. The minimum atomic E-state index is 0.931. The van der Waals surface area contributed by atoms with Crippen LogP contribution in [0.3, 0.4) is 0 Å². The van der Waals surface area contributed by atoms with Crippen LogP contribution in [0.4, 0.5) is 0 Å². The minimum absolute atomic E-state index is 0.931. The van der Waals surface area contributed by atoms with Gasteiger partial charge in [-0.25, -0.2) is 0 Å². The van der Waals surface area contributed by atoms with E-state index in [0.29, 0.717) is 0 Å². The van der Waals surface area contributed by atoms with Crippen LogP contribution in [0.1, 0.15) is 24.1 Å². The number of hydrogen-bond acceptors (Lipinski definition) is 4. The molecule has 0 atom stereocenters. The second kappa shape index (κ2) is 6.99. The zero-order valence-electron chi connectivity index (χ0n) is 10.6. The summed E-state index contributed by atoms with van der Waals surface area (Å²) in [5.41, 5.74) is 0. The van der Waals surface area contributed by atoms with E-state index in [0.717, 1.165) is 18.8 Å². The maximum Gasteiger partial charge on any atom is 0.134 e. The first-order valence-corrected chi connectivity index (χ1v) is 7.31. The molecule has 96 valence electrons. The van der Waals surface area contributed by atoms with E-state index in [4.69, 9.17) is 4.74 Å². The summed E-state index contributed by atoms with van der Waals surface area (Å²) in [5, 5.41) is 5.57. The summed E-state index contributed by atoms with van der Waals surface area (Å²) in [6.07, 6.45) is 4.02. The van der Waals surface area contributed by atoms with Crippen LogP contribution in [0.15, 0.2) is 11.4 Å². The number of nitrogens with zero attached hydrogens (tertiary/aromatic N) is 1. The third-order valence-corrected chi connectivity index (χ3v) is 4.14. The van der Waals surface area contributed by atoms with Crippen molar-refractivity contribution in [3.05, 3.63) is 16.3 Å². The van der Waals surface area contributed by atoms with Crippen LogP contribution in [0, 0.1) is 0 Å². The summed E-state index contributed by atoms with van der Waals surface area (Å²) in [7, 11) is 1.74. The van der Waals surface area contributed by atoms with E-state index in [1.807, 2.05) is 6.07 Å². The Morgan fingerprint density at radius 3 is 3.00 bits per heavy atom. The van der Waals surface area contributed by atoms with Gasteiger partial charge in [0.1, 0.15) is 5.75 Å². The highest BCUT2D eigenvalue weighted by Gasteiger charge is 2.10. The van der Waals surface area contributed by atoms with Crippen LogP contribution >= 0.6 is 11.3 Å². The van der Waals surface area contributed by atoms with Gasteiger partial charge in [-0.1, -0.05) is 0 Å². The molecule has 1 saturated heterocycles. The summed E-state index contributed by atoms with van der Waals surface area (Å²) in [4.78, 5) is 3.86. The van der Waals surface area contributed by atoms with Gasteiger partial charge in [0.2, 0.25) is 0 Å². The lowest BCUT2D eigenvalue weighted by Crippen LogP contribution is -2.24. The molecule has 17 heavy (non-hydrogen) atoms. The molecule has 1 aromatic heterocycles. The van der Waals surface area contributed by atoms with Crippen molar-refractivity contribution in [1.82, 2.24) is 10.2 Å². The molecule has 0 aromatic carbocycles. The predicted molar refractivity (Wildman–Crippen MR) is 72.9 cm³/mol. The fraction of sp³-hybridized carbons (Fsp3) is 0.692. The smallest absolute Gasteiger partial charge is 0.134 e. The van der Waals surface area contributed by atoms with Crippen molar-refractivity contribution in [2.45, 2.75) is 25.8 Å². The third-order valence-electron chi connectivity index (χ3n) is 3.24. The van der Waals surface area contributed by atoms with Gasteiger partial charge in [-0.15, -0.1) is 11.3 Å². The van der Waals surface area contributed by atoms with E-state index in [1.165, 1.54) is 43.8 Å². The Balaban J connectivity index is 1.56. The SMILES string of the molecule is COc1ccsc1CNCCCN1CCCC1. The molecule has 0 amide bonds. The molecule has 1 fully saturated rings. The number of ether oxygens (including phenoxy) is 1. The van der Waals surface area contributed by atoms with Gasteiger partial charge in [0, 0.05) is 6.54 Å². The first kappa shape index (κ1) is 12.9. The molecule has 2 rings (SSSR count). The van der Waals surface area contributed by atoms with E-state index in [9.17, 15) is 0 Å². The van der Waals surface area contributed by atoms with E-state index < -0.39 is 0 Å². The minimum Gasteiger partial charge on any atom is -0.496 e. The molecular formula is C13H22N2OS. The molecule has 0 unspecified atom stereocenters. The topological polar surface area (TPSA) is 24.5 Å². The van der Waals surface area contributed by atoms with Gasteiger partial charge in [-0.05, 0) is 56.9 Å². The lowest BCUT2D eigenvalue weighted by molar-refractivity contribution is 0.331. The van der Waals surface area contributed by atoms with Crippen LogP contribution in [0.25, 0.3) is 0 Å². The van der Waals surface area contributed by atoms with Crippen molar-refractivity contribution in [2.75, 3.05) is 33.3 Å². The second-order valence-corrected chi connectivity index (χ2v) is 5.49. The second-order valence-electron chi connectivity index (χ2n) is 4.49. The maximum atomic E-state index is 5.29. The Morgan fingerprint density at radius 1 is 1.41 bits per heavy atom. The van der Waals surface area contributed by atoms with Crippen LogP contribution in [-0.4, -0.2) is 38.2 Å². The number of nitrogens with one attached hydrogen (secondary N) is 1. The number of hydrogen-bond donors (Lipinski definition) is 1. The zero-order chi connectivity index (χ0) is 11.9. The average molecular weight is 254 g/mol. The van der Waals surface area contributed by atoms with Crippen molar-refractivity contribution in [2.24, 2.45) is 0 Å². The first-order valence-electron chi connectivity index (χ1n) is 6.43. The van der Waals surface area contributed by atoms with Crippen molar-refractivity contribution in [1.29, 1.82) is 0 Å². The van der Waals surface area contributed by atoms with Crippen LogP contribution in [-0.2, 0) is 6.54 Å². The number of rotatable bonds is 7. The normalized spacial score (nSPS) is 16.5. The Morgan fingerprint density at radius 2 is 2.24 bits per heavy atom. The molecule has 0 spiro atoms. The van der Waals surface area contributed by atoms with Crippen molar-refractivity contribution >= 4 is 11.3 Å². The zero-order valence-corrected chi connectivity index (χ0v) is 11.4. The predicted octanol–water partition coefficient (Wildman–Crippen LogP) is 2.33. The Hall–Kier alpha value is -0.580. The first-order chi connectivity index (χ1) is 8.40. The van der Waals surface area contributed by atoms with Gasteiger partial charge in [0.05, 0.1) is 12.0 Å². The molecule has 0 saturated carbocycles. The van der Waals surface area contributed by atoms with Crippen LogP contribution in [0.5, 0.6) is 5.75 Å². The monoisotopic (exact) mass is 254 g/mol. The summed E-state index contributed by atoms with van der Waals surface area (Å²) in [6.45, 7) is 5.88. The Kier molecular flexibility index (Phi) is 5.29. The highest BCUT2D eigenvalue weighted by atomic mass is 32.1. The summed E-state index contributed by atoms with van der Waals surface area (Å²) >= 11 is 1.76. The molecule has 3 nitrogen and oxygen atoms in total. The van der Waals surface area contributed by atoms with E-state index in [2.05, 4.69) is 15.6 Å². The van der Waals surface area contributed by atoms with E-state index in [-0.39, 0.29) is 0 Å². The number of likely N-dealkylation sites (tertiary alicyclic amines) is 1. The van der Waals surface area contributed by atoms with Crippen molar-refractivity contribution in [3.8, 4) is 5.75 Å². The molecule has 4 heteroatoms. The molecular weight excluding hydrogens is 232 g/mol. The van der Waals surface area contributed by atoms with Crippen molar-refractivity contribution in [3.63, 3.8) is 0 Å². The standard InChI is InChI=1S/C13H22N2OS/c1-16-12-5-10-17-13(12)11-14-6-4-9-15-7-2-3-8-15/h5,10,14H,2-4,6-9,11H2,1H3. The lowest BCUT2D eigenvalue weighted by atomic mass is 10.3. The fourth-order valence-electron chi connectivity index (χ4n) is 2.28. The van der Waals surface area contributed by atoms with Gasteiger partial charge in [-0.3, -0.25) is 0 Å². The summed E-state index contributed by atoms with van der Waals surface area (Å²) in [5.74, 6) is 1.02. The molecule has 1 aliphatic heterocycles. The van der Waals surface area contributed by atoms with Crippen molar-refractivity contribution < 1.29 is 4.74 Å².